The first-order valence-corrected chi connectivity index (χ1v) is 8.49. The van der Waals surface area contributed by atoms with E-state index in [0.29, 0.717) is 37.3 Å². The molecular weight excluding hydrogens is 344 g/mol. The van der Waals surface area contributed by atoms with Gasteiger partial charge in [-0.25, -0.2) is 15.0 Å². The Morgan fingerprint density at radius 3 is 2.80 bits per heavy atom. The Hall–Kier alpha value is -2.85. The molecule has 3 heterocycles. The third-order valence-electron chi connectivity index (χ3n) is 3.82. The summed E-state index contributed by atoms with van der Waals surface area (Å²) in [6.45, 7) is 2.14. The number of thiazole rings is 1. The topological polar surface area (TPSA) is 106 Å². The second-order valence-corrected chi connectivity index (χ2v) is 6.39. The first-order valence-electron chi connectivity index (χ1n) is 7.67. The van der Waals surface area contributed by atoms with Crippen molar-refractivity contribution in [3.63, 3.8) is 0 Å². The predicted octanol–water partition coefficient (Wildman–Crippen LogP) is 2.57. The maximum absolute atomic E-state index is 11.7. The van der Waals surface area contributed by atoms with Gasteiger partial charge in [0, 0.05) is 13.1 Å². The van der Waals surface area contributed by atoms with Crippen molar-refractivity contribution in [2.75, 3.05) is 36.5 Å². The minimum absolute atomic E-state index is 0.139. The van der Waals surface area contributed by atoms with Crippen LogP contribution in [-0.4, -0.2) is 46.2 Å². The molecule has 10 heteroatoms. The van der Waals surface area contributed by atoms with Gasteiger partial charge in [0.05, 0.1) is 28.4 Å². The van der Waals surface area contributed by atoms with Gasteiger partial charge < -0.3 is 15.0 Å². The van der Waals surface area contributed by atoms with E-state index in [2.05, 4.69) is 20.3 Å². The van der Waals surface area contributed by atoms with Crippen LogP contribution < -0.4 is 10.2 Å². The summed E-state index contributed by atoms with van der Waals surface area (Å²) in [6.07, 6.45) is 1.33. The quantitative estimate of drug-likeness (QED) is 0.560. The van der Waals surface area contributed by atoms with Crippen molar-refractivity contribution in [1.29, 1.82) is 0 Å². The Morgan fingerprint density at radius 1 is 1.24 bits per heavy atom. The van der Waals surface area contributed by atoms with Crippen molar-refractivity contribution < 1.29 is 9.66 Å². The number of nitrogens with zero attached hydrogens (tertiary/aromatic N) is 5. The number of hydrogen-bond donors (Lipinski definition) is 1. The molecular formula is C15H14N6O3S. The second-order valence-electron chi connectivity index (χ2n) is 5.36. The Labute approximate surface area is 146 Å². The monoisotopic (exact) mass is 358 g/mol. The summed E-state index contributed by atoms with van der Waals surface area (Å²) in [5.41, 5.74) is 0.684. The highest BCUT2D eigenvalue weighted by molar-refractivity contribution is 7.22. The minimum Gasteiger partial charge on any atom is -0.378 e. The van der Waals surface area contributed by atoms with Crippen molar-refractivity contribution in [1.82, 2.24) is 15.0 Å². The molecule has 0 radical (unpaired) electrons. The van der Waals surface area contributed by atoms with Gasteiger partial charge in [0.1, 0.15) is 6.33 Å². The minimum atomic E-state index is -0.458. The van der Waals surface area contributed by atoms with Crippen LogP contribution in [0.2, 0.25) is 0 Å². The highest BCUT2D eigenvalue weighted by Crippen LogP contribution is 2.35. The van der Waals surface area contributed by atoms with E-state index < -0.39 is 4.92 Å². The van der Waals surface area contributed by atoms with Gasteiger partial charge in [-0.1, -0.05) is 23.5 Å². The summed E-state index contributed by atoms with van der Waals surface area (Å²) < 4.78 is 6.30. The molecule has 0 amide bonds. The Bertz CT molecular complexity index is 892. The molecule has 4 rings (SSSR count). The van der Waals surface area contributed by atoms with Crippen LogP contribution in [0, 0.1) is 10.1 Å². The third-order valence-corrected chi connectivity index (χ3v) is 4.77. The van der Waals surface area contributed by atoms with Gasteiger partial charge in [-0.3, -0.25) is 10.1 Å². The van der Waals surface area contributed by atoms with Crippen LogP contribution in [0.25, 0.3) is 10.2 Å². The molecule has 0 saturated carbocycles. The van der Waals surface area contributed by atoms with E-state index in [9.17, 15) is 10.1 Å². The average molecular weight is 358 g/mol. The van der Waals surface area contributed by atoms with E-state index in [1.807, 2.05) is 29.2 Å². The van der Waals surface area contributed by atoms with Gasteiger partial charge in [0.2, 0.25) is 11.6 Å². The van der Waals surface area contributed by atoms with Crippen molar-refractivity contribution in [2.45, 2.75) is 0 Å². The number of hydrogen-bond acceptors (Lipinski definition) is 9. The molecule has 0 aliphatic carbocycles. The zero-order chi connectivity index (χ0) is 17.2. The van der Waals surface area contributed by atoms with Gasteiger partial charge in [0.25, 0.3) is 0 Å². The third kappa shape index (κ3) is 3.08. The maximum Gasteiger partial charge on any atom is 0.353 e. The van der Waals surface area contributed by atoms with Crippen molar-refractivity contribution in [3.8, 4) is 0 Å². The molecule has 1 N–H and O–H groups in total. The van der Waals surface area contributed by atoms with Crippen LogP contribution in [-0.2, 0) is 4.74 Å². The summed E-state index contributed by atoms with van der Waals surface area (Å²) in [4.78, 5) is 25.7. The summed E-state index contributed by atoms with van der Waals surface area (Å²) in [7, 11) is 0. The molecule has 0 spiro atoms. The normalized spacial score (nSPS) is 14.6. The van der Waals surface area contributed by atoms with Crippen LogP contribution in [0.4, 0.5) is 22.5 Å². The van der Waals surface area contributed by atoms with Gasteiger partial charge in [0.15, 0.2) is 5.13 Å². The van der Waals surface area contributed by atoms with E-state index in [4.69, 9.17) is 4.74 Å². The van der Waals surface area contributed by atoms with E-state index in [-0.39, 0.29) is 11.5 Å². The Morgan fingerprint density at radius 2 is 2.04 bits per heavy atom. The highest BCUT2D eigenvalue weighted by atomic mass is 32.1. The van der Waals surface area contributed by atoms with Gasteiger partial charge in [-0.05, 0) is 12.1 Å². The van der Waals surface area contributed by atoms with Crippen LogP contribution >= 0.6 is 11.3 Å². The molecule has 1 fully saturated rings. The first kappa shape index (κ1) is 15.7. The molecule has 2 aromatic heterocycles. The van der Waals surface area contributed by atoms with E-state index in [0.717, 1.165) is 10.2 Å². The predicted molar refractivity (Wildman–Crippen MR) is 94.6 cm³/mol. The molecule has 9 nitrogen and oxygen atoms in total. The van der Waals surface area contributed by atoms with Crippen molar-refractivity contribution in [2.24, 2.45) is 0 Å². The summed E-state index contributed by atoms with van der Waals surface area (Å²) in [5, 5.41) is 15.2. The van der Waals surface area contributed by atoms with Gasteiger partial charge >= 0.3 is 5.69 Å². The van der Waals surface area contributed by atoms with E-state index in [1.54, 1.807) is 0 Å². The number of morpholine rings is 1. The van der Waals surface area contributed by atoms with E-state index in [1.165, 1.54) is 17.7 Å². The number of fused-ring (bicyclic) bond motifs is 1. The molecule has 1 saturated heterocycles. The zero-order valence-corrected chi connectivity index (χ0v) is 13.9. The standard InChI is InChI=1S/C15H14N6O3S/c22-21(23)12-13(16-9-17-14(12)20-5-7-24-8-6-20)19-15-18-10-3-1-2-4-11(10)25-15/h1-4,9H,5-8H2,(H,16,17,18,19). The molecule has 0 bridgehead atoms. The number of ether oxygens (including phenoxy) is 1. The summed E-state index contributed by atoms with van der Waals surface area (Å²) in [6, 6.07) is 7.67. The lowest BCUT2D eigenvalue weighted by Crippen LogP contribution is -2.37. The number of anilines is 3. The Kier molecular flexibility index (Phi) is 4.12. The molecule has 1 aliphatic heterocycles. The highest BCUT2D eigenvalue weighted by Gasteiger charge is 2.28. The fourth-order valence-corrected chi connectivity index (χ4v) is 3.53. The SMILES string of the molecule is O=[N+]([O-])c1c(Nc2nc3ccccc3s2)ncnc1N1CCOCC1. The fourth-order valence-electron chi connectivity index (χ4n) is 2.66. The van der Waals surface area contributed by atoms with Crippen LogP contribution in [0.3, 0.4) is 0 Å². The number of nitrogens with one attached hydrogen (secondary N) is 1. The molecule has 0 unspecified atom stereocenters. The molecule has 128 valence electrons. The van der Waals surface area contributed by atoms with Crippen LogP contribution in [0.1, 0.15) is 0 Å². The summed E-state index contributed by atoms with van der Waals surface area (Å²) >= 11 is 1.42. The largest absolute Gasteiger partial charge is 0.378 e. The number of benzene rings is 1. The van der Waals surface area contributed by atoms with Crippen molar-refractivity contribution >= 4 is 44.0 Å². The summed E-state index contributed by atoms with van der Waals surface area (Å²) in [5.74, 6) is 0.437. The molecule has 3 aromatic rings. The van der Waals surface area contributed by atoms with E-state index >= 15 is 0 Å². The smallest absolute Gasteiger partial charge is 0.353 e. The van der Waals surface area contributed by atoms with Crippen molar-refractivity contribution in [3.05, 3.63) is 40.7 Å². The zero-order valence-electron chi connectivity index (χ0n) is 13.1. The number of para-hydroxylation sites is 1. The lowest BCUT2D eigenvalue weighted by Gasteiger charge is -2.27. The number of nitro groups is 1. The molecule has 0 atom stereocenters. The molecule has 1 aromatic carbocycles. The maximum atomic E-state index is 11.7. The lowest BCUT2D eigenvalue weighted by atomic mass is 10.3. The van der Waals surface area contributed by atoms with Gasteiger partial charge in [-0.15, -0.1) is 0 Å². The van der Waals surface area contributed by atoms with Crippen LogP contribution in [0.15, 0.2) is 30.6 Å². The average Bonchev–Trinajstić information content (AvgIpc) is 3.04. The fraction of sp³-hybridized carbons (Fsp3) is 0.267. The first-order chi connectivity index (χ1) is 12.2. The molecule has 25 heavy (non-hydrogen) atoms. The number of aromatic nitrogens is 3. The molecule has 1 aliphatic rings. The Balaban J connectivity index is 1.71. The van der Waals surface area contributed by atoms with Crippen LogP contribution in [0.5, 0.6) is 0 Å². The second kappa shape index (κ2) is 6.57. The lowest BCUT2D eigenvalue weighted by molar-refractivity contribution is -0.383. The number of rotatable bonds is 4. The van der Waals surface area contributed by atoms with Gasteiger partial charge in [-0.2, -0.15) is 0 Å².